The SMILES string of the molecule is CC(C)(C)c1cc(-n2c3nc(Nc4ccc5c(c4)CCC5)ncc3c(=O)n2C2CC2)ccn1. The van der Waals surface area contributed by atoms with Crippen molar-refractivity contribution in [3.63, 3.8) is 0 Å². The molecule has 1 fully saturated rings. The van der Waals surface area contributed by atoms with Crippen molar-refractivity contribution in [1.29, 1.82) is 0 Å². The standard InChI is InChI=1S/C26H28N6O/c1-26(2,3)22-14-20(11-12-27-22)31-23-21(24(33)32(31)19-9-10-19)15-28-25(30-23)29-18-8-7-16-5-4-6-17(16)13-18/h7-8,11-15,19H,4-6,9-10H2,1-3H3,(H,28,29,30). The molecule has 1 N–H and O–H groups in total. The van der Waals surface area contributed by atoms with Gasteiger partial charge in [-0.25, -0.2) is 14.3 Å². The van der Waals surface area contributed by atoms with Gasteiger partial charge in [0.2, 0.25) is 5.95 Å². The molecular weight excluding hydrogens is 412 g/mol. The van der Waals surface area contributed by atoms with Gasteiger partial charge in [-0.3, -0.25) is 9.78 Å². The first-order valence-electron chi connectivity index (χ1n) is 11.7. The molecule has 1 saturated carbocycles. The Kier molecular flexibility index (Phi) is 4.44. The van der Waals surface area contributed by atoms with Gasteiger partial charge in [-0.05, 0) is 67.5 Å². The first-order chi connectivity index (χ1) is 15.9. The molecule has 6 rings (SSSR count). The normalized spacial score (nSPS) is 15.7. The second-order valence-electron chi connectivity index (χ2n) is 10.2. The van der Waals surface area contributed by atoms with Crippen LogP contribution in [0.15, 0.2) is 47.5 Å². The van der Waals surface area contributed by atoms with Gasteiger partial charge in [0, 0.05) is 29.2 Å². The molecule has 168 valence electrons. The summed E-state index contributed by atoms with van der Waals surface area (Å²) in [4.78, 5) is 27.2. The van der Waals surface area contributed by atoms with Crippen molar-refractivity contribution >= 4 is 22.7 Å². The van der Waals surface area contributed by atoms with Crippen LogP contribution in [-0.2, 0) is 18.3 Å². The Morgan fingerprint density at radius 2 is 1.85 bits per heavy atom. The molecule has 4 aromatic rings. The van der Waals surface area contributed by atoms with Gasteiger partial charge < -0.3 is 5.32 Å². The molecule has 7 nitrogen and oxygen atoms in total. The summed E-state index contributed by atoms with van der Waals surface area (Å²) in [6, 6.07) is 10.7. The predicted molar refractivity (Wildman–Crippen MR) is 130 cm³/mol. The van der Waals surface area contributed by atoms with E-state index >= 15 is 0 Å². The molecule has 0 amide bonds. The Hall–Kier alpha value is -3.48. The van der Waals surface area contributed by atoms with Gasteiger partial charge in [-0.2, -0.15) is 4.98 Å². The van der Waals surface area contributed by atoms with Crippen LogP contribution in [0.25, 0.3) is 16.7 Å². The van der Waals surface area contributed by atoms with Crippen LogP contribution in [0, 0.1) is 0 Å². The highest BCUT2D eigenvalue weighted by Gasteiger charge is 2.31. The van der Waals surface area contributed by atoms with E-state index in [1.54, 1.807) is 6.20 Å². The summed E-state index contributed by atoms with van der Waals surface area (Å²) in [5.74, 6) is 0.493. The van der Waals surface area contributed by atoms with E-state index in [2.05, 4.69) is 60.3 Å². The molecule has 0 unspecified atom stereocenters. The molecule has 0 aliphatic heterocycles. The van der Waals surface area contributed by atoms with Gasteiger partial charge in [0.1, 0.15) is 5.39 Å². The van der Waals surface area contributed by atoms with Crippen LogP contribution in [0.1, 0.15) is 62.9 Å². The van der Waals surface area contributed by atoms with Gasteiger partial charge in [0.25, 0.3) is 5.56 Å². The van der Waals surface area contributed by atoms with Crippen LogP contribution in [0.3, 0.4) is 0 Å². The van der Waals surface area contributed by atoms with E-state index < -0.39 is 0 Å². The lowest BCUT2D eigenvalue weighted by Crippen LogP contribution is -2.22. The molecule has 0 atom stereocenters. The van der Waals surface area contributed by atoms with Crippen LogP contribution in [0.2, 0.25) is 0 Å². The third kappa shape index (κ3) is 3.52. The lowest BCUT2D eigenvalue weighted by Gasteiger charge is -2.19. The number of hydrogen-bond acceptors (Lipinski definition) is 5. The van der Waals surface area contributed by atoms with Crippen LogP contribution in [-0.4, -0.2) is 24.3 Å². The zero-order chi connectivity index (χ0) is 22.7. The largest absolute Gasteiger partial charge is 0.324 e. The molecule has 1 aromatic carbocycles. The molecule has 0 radical (unpaired) electrons. The van der Waals surface area contributed by atoms with E-state index in [1.165, 1.54) is 17.5 Å². The summed E-state index contributed by atoms with van der Waals surface area (Å²) in [5.41, 5.74) is 6.16. The average Bonchev–Trinajstić information content (AvgIpc) is 3.45. The van der Waals surface area contributed by atoms with E-state index in [0.29, 0.717) is 17.0 Å². The van der Waals surface area contributed by atoms with Crippen LogP contribution >= 0.6 is 0 Å². The third-order valence-corrected chi connectivity index (χ3v) is 6.63. The number of nitrogens with zero attached hydrogens (tertiary/aromatic N) is 5. The maximum atomic E-state index is 13.3. The summed E-state index contributed by atoms with van der Waals surface area (Å²) in [5, 5.41) is 3.89. The van der Waals surface area contributed by atoms with Crippen molar-refractivity contribution in [1.82, 2.24) is 24.3 Å². The number of aromatic nitrogens is 5. The minimum absolute atomic E-state index is 0.0364. The summed E-state index contributed by atoms with van der Waals surface area (Å²) in [7, 11) is 0. The summed E-state index contributed by atoms with van der Waals surface area (Å²) >= 11 is 0. The minimum atomic E-state index is -0.0983. The van der Waals surface area contributed by atoms with Crippen molar-refractivity contribution in [2.45, 2.75) is 64.3 Å². The van der Waals surface area contributed by atoms with Gasteiger partial charge in [-0.15, -0.1) is 0 Å². The maximum absolute atomic E-state index is 13.3. The summed E-state index contributed by atoms with van der Waals surface area (Å²) in [6.45, 7) is 6.42. The third-order valence-electron chi connectivity index (χ3n) is 6.63. The Balaban J connectivity index is 1.48. The smallest absolute Gasteiger partial charge is 0.278 e. The molecule has 2 aliphatic carbocycles. The molecule has 0 spiro atoms. The lowest BCUT2D eigenvalue weighted by molar-refractivity contribution is 0.549. The zero-order valence-electron chi connectivity index (χ0n) is 19.3. The van der Waals surface area contributed by atoms with Crippen molar-refractivity contribution in [3.05, 3.63) is 69.9 Å². The van der Waals surface area contributed by atoms with E-state index in [1.807, 2.05) is 21.6 Å². The molecular formula is C26H28N6O. The maximum Gasteiger partial charge on any atom is 0.278 e. The molecule has 0 saturated heterocycles. The Bertz CT molecular complexity index is 1440. The van der Waals surface area contributed by atoms with Crippen LogP contribution in [0.4, 0.5) is 11.6 Å². The summed E-state index contributed by atoms with van der Waals surface area (Å²) < 4.78 is 3.81. The number of benzene rings is 1. The average molecular weight is 441 g/mol. The first-order valence-corrected chi connectivity index (χ1v) is 11.7. The van der Waals surface area contributed by atoms with Crippen LogP contribution in [0.5, 0.6) is 0 Å². The van der Waals surface area contributed by atoms with Crippen molar-refractivity contribution < 1.29 is 0 Å². The molecule has 0 bridgehead atoms. The predicted octanol–water partition coefficient (Wildman–Crippen LogP) is 4.84. The number of pyridine rings is 1. The first kappa shape index (κ1) is 20.1. The quantitative estimate of drug-likeness (QED) is 0.491. The number of rotatable bonds is 4. The topological polar surface area (TPSA) is 77.6 Å². The highest BCUT2D eigenvalue weighted by molar-refractivity contribution is 5.77. The van der Waals surface area contributed by atoms with E-state index in [-0.39, 0.29) is 17.0 Å². The van der Waals surface area contributed by atoms with Crippen molar-refractivity contribution in [2.24, 2.45) is 0 Å². The number of nitrogens with one attached hydrogen (secondary N) is 1. The van der Waals surface area contributed by atoms with Crippen molar-refractivity contribution in [2.75, 3.05) is 5.32 Å². The number of anilines is 2. The number of hydrogen-bond donors (Lipinski definition) is 1. The lowest BCUT2D eigenvalue weighted by atomic mass is 9.91. The highest BCUT2D eigenvalue weighted by Crippen LogP contribution is 2.36. The fraction of sp³-hybridized carbons (Fsp3) is 0.385. The molecule has 3 aromatic heterocycles. The minimum Gasteiger partial charge on any atom is -0.324 e. The Labute approximate surface area is 192 Å². The van der Waals surface area contributed by atoms with Crippen molar-refractivity contribution in [3.8, 4) is 5.69 Å². The van der Waals surface area contributed by atoms with E-state index in [0.717, 1.165) is 42.8 Å². The molecule has 3 heterocycles. The zero-order valence-corrected chi connectivity index (χ0v) is 19.3. The monoisotopic (exact) mass is 440 g/mol. The molecule has 7 heteroatoms. The fourth-order valence-electron chi connectivity index (χ4n) is 4.70. The van der Waals surface area contributed by atoms with Gasteiger partial charge in [-0.1, -0.05) is 26.8 Å². The number of aryl methyl sites for hydroxylation is 2. The van der Waals surface area contributed by atoms with Gasteiger partial charge >= 0.3 is 0 Å². The Morgan fingerprint density at radius 3 is 2.64 bits per heavy atom. The second kappa shape index (κ2) is 7.27. The van der Waals surface area contributed by atoms with Gasteiger partial charge in [0.15, 0.2) is 5.65 Å². The fourth-order valence-corrected chi connectivity index (χ4v) is 4.70. The van der Waals surface area contributed by atoms with E-state index in [4.69, 9.17) is 4.98 Å². The van der Waals surface area contributed by atoms with Gasteiger partial charge in [0.05, 0.1) is 11.7 Å². The number of fused-ring (bicyclic) bond motifs is 2. The summed E-state index contributed by atoms with van der Waals surface area (Å²) in [6.07, 6.45) is 8.96. The molecule has 33 heavy (non-hydrogen) atoms. The second-order valence-corrected chi connectivity index (χ2v) is 10.2. The Morgan fingerprint density at radius 1 is 1.03 bits per heavy atom. The van der Waals surface area contributed by atoms with E-state index in [9.17, 15) is 4.79 Å². The molecule has 2 aliphatic rings. The highest BCUT2D eigenvalue weighted by atomic mass is 16.1. The van der Waals surface area contributed by atoms with Crippen LogP contribution < -0.4 is 10.9 Å².